The van der Waals surface area contributed by atoms with Crippen molar-refractivity contribution in [3.05, 3.63) is 93.7 Å². The van der Waals surface area contributed by atoms with Crippen molar-refractivity contribution in [2.45, 2.75) is 70.9 Å². The molecule has 1 aliphatic heterocycles. The molecular weight excluding hydrogens is 648 g/mol. The molecule has 3 heterocycles. The smallest absolute Gasteiger partial charge is 0.271 e. The Morgan fingerprint density at radius 2 is 1.78 bits per heavy atom. The van der Waals surface area contributed by atoms with E-state index in [1.165, 1.54) is 23.6 Å². The summed E-state index contributed by atoms with van der Waals surface area (Å²) in [7, 11) is 0. The normalized spacial score (nSPS) is 20.5. The Bertz CT molecular complexity index is 1760. The molecule has 258 valence electrons. The topological polar surface area (TPSA) is 189 Å². The van der Waals surface area contributed by atoms with Crippen LogP contribution in [0, 0.1) is 5.92 Å². The summed E-state index contributed by atoms with van der Waals surface area (Å²) in [6, 6.07) is 13.5. The number of aliphatic hydroxyl groups is 1. The van der Waals surface area contributed by atoms with Gasteiger partial charge in [0.25, 0.3) is 5.91 Å². The lowest BCUT2D eigenvalue weighted by Gasteiger charge is -2.24. The van der Waals surface area contributed by atoms with Gasteiger partial charge in [0.1, 0.15) is 40.8 Å². The minimum atomic E-state index is -1.39. The molecule has 4 aromatic rings. The molecule has 0 saturated heterocycles. The van der Waals surface area contributed by atoms with Gasteiger partial charge in [-0.3, -0.25) is 19.2 Å². The van der Waals surface area contributed by atoms with Crippen LogP contribution >= 0.6 is 11.3 Å². The van der Waals surface area contributed by atoms with Gasteiger partial charge in [-0.2, -0.15) is 0 Å². The van der Waals surface area contributed by atoms with Crippen molar-refractivity contribution in [2.24, 2.45) is 5.92 Å². The van der Waals surface area contributed by atoms with Crippen molar-refractivity contribution < 1.29 is 29.0 Å². The summed E-state index contributed by atoms with van der Waals surface area (Å²) in [5, 5.41) is 32.0. The number of benzene rings is 2. The van der Waals surface area contributed by atoms with E-state index in [4.69, 9.17) is 4.74 Å². The number of carbonyl (C=O) groups is 4. The number of amides is 4. The summed E-state index contributed by atoms with van der Waals surface area (Å²) >= 11 is 1.21. The van der Waals surface area contributed by atoms with Crippen LogP contribution in [0.3, 0.4) is 0 Å². The third-order valence-corrected chi connectivity index (χ3v) is 8.78. The van der Waals surface area contributed by atoms with Crippen molar-refractivity contribution in [1.82, 2.24) is 41.2 Å². The van der Waals surface area contributed by atoms with Crippen LogP contribution in [-0.4, -0.2) is 73.5 Å². The SMILES string of the molecule is CC(C)[C@@H]1NC(=O)Cc2cccc(c2)OCCn2cc(nn2)CNC(=O)[C@@H](Cc2ccccc2)NC(=O)[C@H]([C@@H](C)O)NC(=O)c2csc1n2. The molecule has 5 rings (SSSR count). The molecule has 0 radical (unpaired) electrons. The quantitative estimate of drug-likeness (QED) is 0.213. The molecule has 4 amide bonds. The second-order valence-electron chi connectivity index (χ2n) is 12.2. The number of thiazole rings is 1. The van der Waals surface area contributed by atoms with Gasteiger partial charge in [0.2, 0.25) is 17.7 Å². The number of fused-ring (bicyclic) bond motifs is 6. The van der Waals surface area contributed by atoms with E-state index in [1.54, 1.807) is 16.9 Å². The lowest BCUT2D eigenvalue weighted by Crippen LogP contribution is -2.57. The predicted molar refractivity (Wildman–Crippen MR) is 180 cm³/mol. The summed E-state index contributed by atoms with van der Waals surface area (Å²) in [5.41, 5.74) is 2.07. The first-order valence-corrected chi connectivity index (χ1v) is 16.9. The molecule has 5 N–H and O–H groups in total. The lowest BCUT2D eigenvalue weighted by atomic mass is 10.0. The van der Waals surface area contributed by atoms with E-state index in [0.29, 0.717) is 23.0 Å². The maximum Gasteiger partial charge on any atom is 0.271 e. The average Bonchev–Trinajstić information content (AvgIpc) is 3.75. The minimum Gasteiger partial charge on any atom is -0.492 e. The van der Waals surface area contributed by atoms with Crippen LogP contribution in [0.2, 0.25) is 0 Å². The van der Waals surface area contributed by atoms with Crippen LogP contribution < -0.4 is 26.0 Å². The van der Waals surface area contributed by atoms with E-state index in [2.05, 4.69) is 36.6 Å². The van der Waals surface area contributed by atoms with Gasteiger partial charge < -0.3 is 31.1 Å². The van der Waals surface area contributed by atoms with Crippen LogP contribution in [0.15, 0.2) is 66.2 Å². The molecule has 1 aliphatic rings. The van der Waals surface area contributed by atoms with Gasteiger partial charge in [0.05, 0.1) is 37.9 Å². The molecule has 6 bridgehead atoms. The molecular formula is C34H40N8O6S. The first-order valence-electron chi connectivity index (χ1n) is 16.0. The molecule has 15 heteroatoms. The van der Waals surface area contributed by atoms with Gasteiger partial charge in [-0.25, -0.2) is 9.67 Å². The van der Waals surface area contributed by atoms with Crippen molar-refractivity contribution in [1.29, 1.82) is 0 Å². The number of nitrogens with one attached hydrogen (secondary N) is 4. The third-order valence-electron chi connectivity index (χ3n) is 7.85. The molecule has 2 aromatic heterocycles. The summed E-state index contributed by atoms with van der Waals surface area (Å²) in [4.78, 5) is 57.9. The Labute approximate surface area is 287 Å². The highest BCUT2D eigenvalue weighted by atomic mass is 32.1. The number of rotatable bonds is 4. The maximum absolute atomic E-state index is 13.5. The Kier molecular flexibility index (Phi) is 11.7. The zero-order chi connectivity index (χ0) is 34.9. The molecule has 0 spiro atoms. The first-order chi connectivity index (χ1) is 23.5. The fourth-order valence-electron chi connectivity index (χ4n) is 5.23. The second-order valence-corrected chi connectivity index (χ2v) is 13.1. The maximum atomic E-state index is 13.5. The average molecular weight is 689 g/mol. The van der Waals surface area contributed by atoms with Crippen LogP contribution in [0.1, 0.15) is 59.1 Å². The zero-order valence-electron chi connectivity index (χ0n) is 27.5. The van der Waals surface area contributed by atoms with Crippen LogP contribution in [0.5, 0.6) is 5.75 Å². The fraction of sp³-hybridized carbons (Fsp3) is 0.382. The van der Waals surface area contributed by atoms with Gasteiger partial charge >= 0.3 is 0 Å². The molecule has 2 aromatic carbocycles. The standard InChI is InChI=1S/C34H40N8O6S/c1-20(2)29-34-37-27(19-49-34)32(46)39-30(21(3)43)33(47)36-26(15-22-8-5-4-6-9-22)31(45)35-17-24-18-42(41-40-24)12-13-48-25-11-7-10-23(14-25)16-28(44)38-29/h4-11,14,18-21,26,29-30,43H,12-13,15-17H2,1-3H3,(H,35,45)(H,36,47)(H,38,44)(H,39,46)/t21-,26-,29+,30+/m1/s1. The predicted octanol–water partition coefficient (Wildman–Crippen LogP) is 1.71. The molecule has 0 fully saturated rings. The van der Waals surface area contributed by atoms with Gasteiger partial charge in [-0.05, 0) is 36.1 Å². The van der Waals surface area contributed by atoms with Crippen molar-refractivity contribution in [3.8, 4) is 5.75 Å². The van der Waals surface area contributed by atoms with E-state index in [9.17, 15) is 24.3 Å². The summed E-state index contributed by atoms with van der Waals surface area (Å²) in [6.45, 7) is 5.96. The van der Waals surface area contributed by atoms with Gasteiger partial charge in [-0.15, -0.1) is 16.4 Å². The summed E-state index contributed by atoms with van der Waals surface area (Å²) < 4.78 is 7.51. The third kappa shape index (κ3) is 9.70. The van der Waals surface area contributed by atoms with Gasteiger partial charge in [0, 0.05) is 11.8 Å². The Morgan fingerprint density at radius 1 is 0.980 bits per heavy atom. The van der Waals surface area contributed by atoms with Crippen molar-refractivity contribution in [3.63, 3.8) is 0 Å². The van der Waals surface area contributed by atoms with Crippen molar-refractivity contribution >= 4 is 35.0 Å². The molecule has 14 nitrogen and oxygen atoms in total. The number of aromatic nitrogens is 4. The summed E-state index contributed by atoms with van der Waals surface area (Å²) in [6.07, 6.45) is 0.644. The first kappa shape index (κ1) is 35.2. The van der Waals surface area contributed by atoms with E-state index in [1.807, 2.05) is 62.4 Å². The van der Waals surface area contributed by atoms with E-state index < -0.39 is 42.0 Å². The molecule has 0 unspecified atom stereocenters. The Morgan fingerprint density at radius 3 is 2.53 bits per heavy atom. The highest BCUT2D eigenvalue weighted by molar-refractivity contribution is 7.09. The van der Waals surface area contributed by atoms with E-state index >= 15 is 0 Å². The van der Waals surface area contributed by atoms with E-state index in [-0.39, 0.29) is 43.5 Å². The number of aliphatic hydroxyl groups excluding tert-OH is 1. The lowest BCUT2D eigenvalue weighted by molar-refractivity contribution is -0.131. The fourth-order valence-corrected chi connectivity index (χ4v) is 6.25. The minimum absolute atomic E-state index is 0.0281. The molecule has 49 heavy (non-hydrogen) atoms. The second kappa shape index (κ2) is 16.3. The Balaban J connectivity index is 1.41. The van der Waals surface area contributed by atoms with Crippen LogP contribution in [0.25, 0.3) is 0 Å². The van der Waals surface area contributed by atoms with Crippen molar-refractivity contribution in [2.75, 3.05) is 6.61 Å². The number of carbonyl (C=O) groups excluding carboxylic acids is 4. The highest BCUT2D eigenvalue weighted by Crippen LogP contribution is 2.26. The van der Waals surface area contributed by atoms with Gasteiger partial charge in [-0.1, -0.05) is 61.5 Å². The molecule has 4 atom stereocenters. The number of hydrogen-bond donors (Lipinski definition) is 5. The van der Waals surface area contributed by atoms with Crippen LogP contribution in [0.4, 0.5) is 0 Å². The number of nitrogens with zero attached hydrogens (tertiary/aromatic N) is 4. The number of hydrogen-bond acceptors (Lipinski definition) is 10. The van der Waals surface area contributed by atoms with E-state index in [0.717, 1.165) is 11.1 Å². The molecule has 0 aliphatic carbocycles. The Hall–Kier alpha value is -5.15. The summed E-state index contributed by atoms with van der Waals surface area (Å²) in [5.74, 6) is -1.60. The highest BCUT2D eigenvalue weighted by Gasteiger charge is 2.31. The van der Waals surface area contributed by atoms with Gasteiger partial charge in [0.15, 0.2) is 0 Å². The monoisotopic (exact) mass is 688 g/mol. The van der Waals surface area contributed by atoms with Crippen LogP contribution in [-0.2, 0) is 40.3 Å². The zero-order valence-corrected chi connectivity index (χ0v) is 28.3. The largest absolute Gasteiger partial charge is 0.492 e. The number of ether oxygens (including phenoxy) is 1. The molecule has 0 saturated carbocycles.